The zero-order valence-corrected chi connectivity index (χ0v) is 15.4. The standard InChI is InChI=1S/C17H16BrClN2O3/c1-10(2)24-15-8-5-12(18)9-14(15)17(23)21-20-16(22)11-3-6-13(19)7-4-11/h3-10H,1-2H3,(H,20,22)(H,21,23). The molecule has 0 saturated heterocycles. The Kier molecular flexibility index (Phi) is 6.23. The third-order valence-corrected chi connectivity index (χ3v) is 3.69. The summed E-state index contributed by atoms with van der Waals surface area (Å²) in [4.78, 5) is 24.4. The van der Waals surface area contributed by atoms with Gasteiger partial charge in [0.1, 0.15) is 5.75 Å². The van der Waals surface area contributed by atoms with Crippen molar-refractivity contribution in [3.05, 3.63) is 63.1 Å². The predicted molar refractivity (Wildman–Crippen MR) is 96.3 cm³/mol. The minimum absolute atomic E-state index is 0.0821. The SMILES string of the molecule is CC(C)Oc1ccc(Br)cc1C(=O)NNC(=O)c1ccc(Cl)cc1. The van der Waals surface area contributed by atoms with E-state index in [4.69, 9.17) is 16.3 Å². The molecule has 0 spiro atoms. The van der Waals surface area contributed by atoms with Crippen molar-refractivity contribution in [2.75, 3.05) is 0 Å². The highest BCUT2D eigenvalue weighted by Crippen LogP contribution is 2.24. The smallest absolute Gasteiger partial charge is 0.273 e. The van der Waals surface area contributed by atoms with Gasteiger partial charge in [-0.2, -0.15) is 0 Å². The maximum Gasteiger partial charge on any atom is 0.273 e. The molecule has 7 heteroatoms. The fraction of sp³-hybridized carbons (Fsp3) is 0.176. The van der Waals surface area contributed by atoms with E-state index in [0.717, 1.165) is 4.47 Å². The molecule has 2 amide bonds. The van der Waals surface area contributed by atoms with Crippen LogP contribution < -0.4 is 15.6 Å². The van der Waals surface area contributed by atoms with E-state index in [0.29, 0.717) is 21.9 Å². The average molecular weight is 412 g/mol. The van der Waals surface area contributed by atoms with Gasteiger partial charge in [0.25, 0.3) is 11.8 Å². The molecule has 126 valence electrons. The summed E-state index contributed by atoms with van der Waals surface area (Å²) in [6.45, 7) is 3.73. The summed E-state index contributed by atoms with van der Waals surface area (Å²) in [6.07, 6.45) is -0.0821. The van der Waals surface area contributed by atoms with Crippen molar-refractivity contribution in [2.45, 2.75) is 20.0 Å². The molecular weight excluding hydrogens is 396 g/mol. The molecule has 0 aliphatic rings. The van der Waals surface area contributed by atoms with Crippen LogP contribution in [-0.2, 0) is 0 Å². The van der Waals surface area contributed by atoms with Crippen LogP contribution in [0.4, 0.5) is 0 Å². The minimum Gasteiger partial charge on any atom is -0.490 e. The number of ether oxygens (including phenoxy) is 1. The molecular formula is C17H16BrClN2O3. The summed E-state index contributed by atoms with van der Waals surface area (Å²) in [5.74, 6) is -0.484. The highest BCUT2D eigenvalue weighted by atomic mass is 79.9. The van der Waals surface area contributed by atoms with Crippen molar-refractivity contribution in [3.8, 4) is 5.75 Å². The van der Waals surface area contributed by atoms with Gasteiger partial charge in [0.15, 0.2) is 0 Å². The maximum absolute atomic E-state index is 12.3. The molecule has 0 radical (unpaired) electrons. The molecule has 0 bridgehead atoms. The third-order valence-electron chi connectivity index (χ3n) is 2.94. The summed E-state index contributed by atoms with van der Waals surface area (Å²) in [5.41, 5.74) is 5.44. The van der Waals surface area contributed by atoms with Gasteiger partial charge in [0, 0.05) is 15.1 Å². The van der Waals surface area contributed by atoms with Crippen LogP contribution in [0.15, 0.2) is 46.9 Å². The monoisotopic (exact) mass is 410 g/mol. The van der Waals surface area contributed by atoms with E-state index in [2.05, 4.69) is 26.8 Å². The molecule has 0 fully saturated rings. The van der Waals surface area contributed by atoms with Crippen LogP contribution in [0.2, 0.25) is 5.02 Å². The summed E-state index contributed by atoms with van der Waals surface area (Å²) >= 11 is 9.10. The quantitative estimate of drug-likeness (QED) is 0.748. The van der Waals surface area contributed by atoms with Crippen molar-refractivity contribution in [3.63, 3.8) is 0 Å². The van der Waals surface area contributed by atoms with E-state index >= 15 is 0 Å². The van der Waals surface area contributed by atoms with E-state index in [-0.39, 0.29) is 6.10 Å². The largest absolute Gasteiger partial charge is 0.490 e. The number of amides is 2. The van der Waals surface area contributed by atoms with Crippen molar-refractivity contribution in [1.82, 2.24) is 10.9 Å². The molecule has 2 rings (SSSR count). The molecule has 0 heterocycles. The van der Waals surface area contributed by atoms with Gasteiger partial charge in [0.05, 0.1) is 11.7 Å². The molecule has 0 aromatic heterocycles. The molecule has 0 aliphatic carbocycles. The lowest BCUT2D eigenvalue weighted by Gasteiger charge is -2.15. The predicted octanol–water partition coefficient (Wildman–Crippen LogP) is 3.96. The molecule has 2 N–H and O–H groups in total. The highest BCUT2D eigenvalue weighted by molar-refractivity contribution is 9.10. The second-order valence-electron chi connectivity index (χ2n) is 5.22. The van der Waals surface area contributed by atoms with Gasteiger partial charge in [-0.3, -0.25) is 20.4 Å². The van der Waals surface area contributed by atoms with Crippen LogP contribution in [-0.4, -0.2) is 17.9 Å². The number of hydrogen-bond donors (Lipinski definition) is 2. The first-order valence-corrected chi connectivity index (χ1v) is 8.36. The lowest BCUT2D eigenvalue weighted by atomic mass is 10.2. The van der Waals surface area contributed by atoms with Gasteiger partial charge in [0.2, 0.25) is 0 Å². The zero-order valence-electron chi connectivity index (χ0n) is 13.1. The Morgan fingerprint density at radius 1 is 1.04 bits per heavy atom. The first-order chi connectivity index (χ1) is 11.4. The Morgan fingerprint density at radius 2 is 1.67 bits per heavy atom. The van der Waals surface area contributed by atoms with E-state index in [9.17, 15) is 9.59 Å². The third kappa shape index (κ3) is 4.97. The van der Waals surface area contributed by atoms with Crippen LogP contribution in [0.1, 0.15) is 34.6 Å². The highest BCUT2D eigenvalue weighted by Gasteiger charge is 2.15. The van der Waals surface area contributed by atoms with E-state index in [1.54, 1.807) is 42.5 Å². The molecule has 2 aromatic rings. The van der Waals surface area contributed by atoms with Crippen molar-refractivity contribution < 1.29 is 14.3 Å². The Morgan fingerprint density at radius 3 is 2.29 bits per heavy atom. The van der Waals surface area contributed by atoms with Gasteiger partial charge in [-0.1, -0.05) is 27.5 Å². The Hall–Kier alpha value is -2.05. The number of benzene rings is 2. The van der Waals surface area contributed by atoms with Crippen LogP contribution >= 0.6 is 27.5 Å². The number of carbonyl (C=O) groups is 2. The molecule has 0 atom stereocenters. The summed E-state index contributed by atoms with van der Waals surface area (Å²) in [7, 11) is 0. The second-order valence-corrected chi connectivity index (χ2v) is 6.57. The molecule has 0 saturated carbocycles. The maximum atomic E-state index is 12.3. The molecule has 5 nitrogen and oxygen atoms in total. The number of nitrogens with one attached hydrogen (secondary N) is 2. The van der Waals surface area contributed by atoms with Crippen LogP contribution in [0.3, 0.4) is 0 Å². The van der Waals surface area contributed by atoms with Crippen LogP contribution in [0.5, 0.6) is 5.75 Å². The number of halogens is 2. The van der Waals surface area contributed by atoms with Crippen LogP contribution in [0.25, 0.3) is 0 Å². The number of rotatable bonds is 4. The Balaban J connectivity index is 2.08. The van der Waals surface area contributed by atoms with E-state index in [1.807, 2.05) is 13.8 Å². The van der Waals surface area contributed by atoms with E-state index < -0.39 is 11.8 Å². The number of hydrogen-bond acceptors (Lipinski definition) is 3. The Bertz CT molecular complexity index is 748. The molecule has 0 aliphatic heterocycles. The van der Waals surface area contributed by atoms with Gasteiger partial charge in [-0.15, -0.1) is 0 Å². The van der Waals surface area contributed by atoms with Crippen molar-refractivity contribution in [1.29, 1.82) is 0 Å². The minimum atomic E-state index is -0.478. The Labute approximate surface area is 153 Å². The first kappa shape index (κ1) is 18.3. The average Bonchev–Trinajstić information content (AvgIpc) is 2.54. The van der Waals surface area contributed by atoms with Crippen LogP contribution in [0, 0.1) is 0 Å². The van der Waals surface area contributed by atoms with Gasteiger partial charge in [-0.25, -0.2) is 0 Å². The fourth-order valence-electron chi connectivity index (χ4n) is 1.89. The van der Waals surface area contributed by atoms with Crippen molar-refractivity contribution >= 4 is 39.3 Å². The van der Waals surface area contributed by atoms with E-state index in [1.165, 1.54) is 0 Å². The molecule has 2 aromatic carbocycles. The topological polar surface area (TPSA) is 67.4 Å². The van der Waals surface area contributed by atoms with Crippen molar-refractivity contribution in [2.24, 2.45) is 0 Å². The summed E-state index contributed by atoms with van der Waals surface area (Å²) in [6, 6.07) is 11.4. The van der Waals surface area contributed by atoms with Gasteiger partial charge >= 0.3 is 0 Å². The number of hydrazine groups is 1. The summed E-state index contributed by atoms with van der Waals surface area (Å²) in [5, 5.41) is 0.528. The normalized spacial score (nSPS) is 10.4. The fourth-order valence-corrected chi connectivity index (χ4v) is 2.38. The van der Waals surface area contributed by atoms with Gasteiger partial charge < -0.3 is 4.74 Å². The summed E-state index contributed by atoms with van der Waals surface area (Å²) < 4.78 is 6.35. The number of carbonyl (C=O) groups excluding carboxylic acids is 2. The molecule has 24 heavy (non-hydrogen) atoms. The molecule has 0 unspecified atom stereocenters. The van der Waals surface area contributed by atoms with Gasteiger partial charge in [-0.05, 0) is 56.3 Å². The lowest BCUT2D eigenvalue weighted by molar-refractivity contribution is 0.0843. The first-order valence-electron chi connectivity index (χ1n) is 7.19. The zero-order chi connectivity index (χ0) is 17.7. The lowest BCUT2D eigenvalue weighted by Crippen LogP contribution is -2.41. The second kappa shape index (κ2) is 8.17.